The fraction of sp³-hybridized carbons (Fsp3) is 0.231. The third-order valence-electron chi connectivity index (χ3n) is 5.63. The van der Waals surface area contributed by atoms with Gasteiger partial charge in [-0.25, -0.2) is 4.39 Å². The maximum Gasteiger partial charge on any atom is 0.241 e. The van der Waals surface area contributed by atoms with E-state index in [1.807, 2.05) is 55.5 Å². The van der Waals surface area contributed by atoms with Crippen molar-refractivity contribution in [3.8, 4) is 0 Å². The van der Waals surface area contributed by atoms with Gasteiger partial charge in [0.25, 0.3) is 0 Å². The van der Waals surface area contributed by atoms with E-state index < -0.39 is 11.2 Å². The second-order valence-corrected chi connectivity index (χ2v) is 9.23. The molecule has 3 aromatic carbocycles. The number of thioether (sulfide) groups is 1. The second kappa shape index (κ2) is 9.57. The van der Waals surface area contributed by atoms with Gasteiger partial charge in [-0.05, 0) is 42.3 Å². The molecule has 4 rings (SSSR count). The summed E-state index contributed by atoms with van der Waals surface area (Å²) in [7, 11) is 0. The predicted octanol–water partition coefficient (Wildman–Crippen LogP) is 5.09. The van der Waals surface area contributed by atoms with Crippen LogP contribution in [0, 0.1) is 18.7 Å². The molecule has 6 heteroatoms. The molecule has 3 aromatic rings. The quantitative estimate of drug-likeness (QED) is 0.571. The van der Waals surface area contributed by atoms with Crippen LogP contribution in [0.3, 0.4) is 0 Å². The maximum absolute atomic E-state index is 13.5. The van der Waals surface area contributed by atoms with E-state index in [4.69, 9.17) is 0 Å². The first-order chi connectivity index (χ1) is 15.4. The van der Waals surface area contributed by atoms with Crippen LogP contribution < -0.4 is 10.2 Å². The largest absolute Gasteiger partial charge is 0.352 e. The molecule has 1 N–H and O–H groups in total. The molecule has 4 nitrogen and oxygen atoms in total. The Morgan fingerprint density at radius 2 is 1.69 bits per heavy atom. The summed E-state index contributed by atoms with van der Waals surface area (Å²) in [6.45, 7) is 4.56. The Balaban J connectivity index is 1.51. The number of benzene rings is 3. The number of carbonyl (C=O) groups excluding carboxylic acids is 2. The number of anilines is 1. The highest BCUT2D eigenvalue weighted by Gasteiger charge is 2.39. The third kappa shape index (κ3) is 4.86. The monoisotopic (exact) mass is 448 g/mol. The molecular formula is C26H25FN2O2S. The number of hydrogen-bond donors (Lipinski definition) is 1. The zero-order chi connectivity index (χ0) is 22.7. The topological polar surface area (TPSA) is 49.4 Å². The van der Waals surface area contributed by atoms with Crippen molar-refractivity contribution in [2.45, 2.75) is 37.1 Å². The first-order valence-electron chi connectivity index (χ1n) is 10.6. The summed E-state index contributed by atoms with van der Waals surface area (Å²) in [6.07, 6.45) is 0. The van der Waals surface area contributed by atoms with Crippen LogP contribution in [0.4, 0.5) is 10.1 Å². The second-order valence-electron chi connectivity index (χ2n) is 8.05. The molecule has 0 spiro atoms. The molecule has 164 valence electrons. The first-order valence-corrected chi connectivity index (χ1v) is 11.4. The summed E-state index contributed by atoms with van der Waals surface area (Å²) in [5.41, 5.74) is 3.83. The first kappa shape index (κ1) is 22.1. The number of nitrogens with zero attached hydrogens (tertiary/aromatic N) is 1. The Kier molecular flexibility index (Phi) is 6.61. The van der Waals surface area contributed by atoms with Gasteiger partial charge in [0, 0.05) is 11.4 Å². The summed E-state index contributed by atoms with van der Waals surface area (Å²) in [5, 5.41) is 2.43. The summed E-state index contributed by atoms with van der Waals surface area (Å²) in [6, 6.07) is 21.8. The van der Waals surface area contributed by atoms with E-state index in [1.165, 1.54) is 23.9 Å². The molecule has 0 saturated heterocycles. The van der Waals surface area contributed by atoms with E-state index in [9.17, 15) is 14.0 Å². The van der Waals surface area contributed by atoms with Gasteiger partial charge < -0.3 is 10.2 Å². The molecule has 1 aliphatic rings. The summed E-state index contributed by atoms with van der Waals surface area (Å²) < 4.78 is 13.3. The van der Waals surface area contributed by atoms with Crippen molar-refractivity contribution in [2.75, 3.05) is 4.90 Å². The molecule has 2 unspecified atom stereocenters. The van der Waals surface area contributed by atoms with Gasteiger partial charge in [0.05, 0.1) is 18.2 Å². The molecule has 0 saturated carbocycles. The SMILES string of the molecule is Cc1ccc(CNC(=O)C(C)C2Sc3ccccc3N(Cc3ccc(F)cc3)C2=O)cc1. The number of fused-ring (bicyclic) bond motifs is 1. The highest BCUT2D eigenvalue weighted by Crippen LogP contribution is 2.42. The van der Waals surface area contributed by atoms with Crippen LogP contribution in [0.5, 0.6) is 0 Å². The minimum absolute atomic E-state index is 0.115. The lowest BCUT2D eigenvalue weighted by Crippen LogP contribution is -2.47. The smallest absolute Gasteiger partial charge is 0.241 e. The van der Waals surface area contributed by atoms with Crippen LogP contribution in [0.1, 0.15) is 23.6 Å². The number of aryl methyl sites for hydroxylation is 1. The van der Waals surface area contributed by atoms with Crippen molar-refractivity contribution in [3.63, 3.8) is 0 Å². The highest BCUT2D eigenvalue weighted by atomic mass is 32.2. The van der Waals surface area contributed by atoms with E-state index in [1.54, 1.807) is 24.0 Å². The molecular weight excluding hydrogens is 423 g/mol. The lowest BCUT2D eigenvalue weighted by atomic mass is 10.0. The summed E-state index contributed by atoms with van der Waals surface area (Å²) in [4.78, 5) is 29.0. The van der Waals surface area contributed by atoms with Gasteiger partial charge in [-0.3, -0.25) is 9.59 Å². The van der Waals surface area contributed by atoms with Gasteiger partial charge >= 0.3 is 0 Å². The van der Waals surface area contributed by atoms with E-state index in [0.717, 1.165) is 27.3 Å². The van der Waals surface area contributed by atoms with Crippen LogP contribution in [0.2, 0.25) is 0 Å². The Hall–Kier alpha value is -3.12. The van der Waals surface area contributed by atoms with Gasteiger partial charge in [-0.15, -0.1) is 11.8 Å². The number of rotatable bonds is 6. The fourth-order valence-corrected chi connectivity index (χ4v) is 4.97. The number of halogens is 1. The molecule has 0 aliphatic carbocycles. The minimum atomic E-state index is -0.539. The zero-order valence-electron chi connectivity index (χ0n) is 18.0. The van der Waals surface area contributed by atoms with Gasteiger partial charge in [-0.2, -0.15) is 0 Å². The van der Waals surface area contributed by atoms with Crippen molar-refractivity contribution in [1.82, 2.24) is 5.32 Å². The van der Waals surface area contributed by atoms with Gasteiger partial charge in [0.15, 0.2) is 0 Å². The molecule has 2 amide bonds. The lowest BCUT2D eigenvalue weighted by Gasteiger charge is -2.35. The van der Waals surface area contributed by atoms with E-state index in [-0.39, 0.29) is 17.6 Å². The third-order valence-corrected chi connectivity index (χ3v) is 7.09. The molecule has 0 fully saturated rings. The van der Waals surface area contributed by atoms with Crippen molar-refractivity contribution < 1.29 is 14.0 Å². The highest BCUT2D eigenvalue weighted by molar-refractivity contribution is 8.01. The average molecular weight is 449 g/mol. The van der Waals surface area contributed by atoms with Crippen LogP contribution in [-0.2, 0) is 22.7 Å². The maximum atomic E-state index is 13.5. The minimum Gasteiger partial charge on any atom is -0.352 e. The van der Waals surface area contributed by atoms with Gasteiger partial charge in [0.2, 0.25) is 11.8 Å². The van der Waals surface area contributed by atoms with E-state index in [2.05, 4.69) is 5.32 Å². The summed E-state index contributed by atoms with van der Waals surface area (Å²) in [5.74, 6) is -1.10. The Bertz CT molecular complexity index is 1120. The molecule has 2 atom stereocenters. The van der Waals surface area contributed by atoms with Crippen LogP contribution in [-0.4, -0.2) is 17.1 Å². The average Bonchev–Trinajstić information content (AvgIpc) is 2.81. The summed E-state index contributed by atoms with van der Waals surface area (Å²) >= 11 is 1.43. The Morgan fingerprint density at radius 1 is 1.03 bits per heavy atom. The number of carbonyl (C=O) groups is 2. The van der Waals surface area contributed by atoms with Crippen LogP contribution in [0.15, 0.2) is 77.7 Å². The lowest BCUT2D eigenvalue weighted by molar-refractivity contribution is -0.128. The Morgan fingerprint density at radius 3 is 2.41 bits per heavy atom. The predicted molar refractivity (Wildman–Crippen MR) is 126 cm³/mol. The van der Waals surface area contributed by atoms with Crippen molar-refractivity contribution >= 4 is 29.3 Å². The molecule has 1 aliphatic heterocycles. The molecule has 0 bridgehead atoms. The number of hydrogen-bond acceptors (Lipinski definition) is 3. The van der Waals surface area contributed by atoms with Gasteiger partial charge in [0.1, 0.15) is 11.1 Å². The molecule has 1 heterocycles. The number of amides is 2. The van der Waals surface area contributed by atoms with Crippen molar-refractivity contribution in [2.24, 2.45) is 5.92 Å². The standard InChI is InChI=1S/C26H25FN2O2S/c1-17-7-9-19(10-8-17)15-28-25(30)18(2)24-26(31)29(16-20-11-13-21(27)14-12-20)22-5-3-4-6-23(22)32-24/h3-14,18,24H,15-16H2,1-2H3,(H,28,30). The number of nitrogens with one attached hydrogen (secondary N) is 1. The van der Waals surface area contributed by atoms with E-state index in [0.29, 0.717) is 13.1 Å². The van der Waals surface area contributed by atoms with Gasteiger partial charge in [-0.1, -0.05) is 61.0 Å². The number of para-hydroxylation sites is 1. The molecule has 0 aromatic heterocycles. The zero-order valence-corrected chi connectivity index (χ0v) is 18.9. The van der Waals surface area contributed by atoms with Crippen LogP contribution >= 0.6 is 11.8 Å². The van der Waals surface area contributed by atoms with Crippen LogP contribution in [0.25, 0.3) is 0 Å². The molecule has 32 heavy (non-hydrogen) atoms. The van der Waals surface area contributed by atoms with Crippen molar-refractivity contribution in [1.29, 1.82) is 0 Å². The Labute approximate surface area is 191 Å². The molecule has 0 radical (unpaired) electrons. The van der Waals surface area contributed by atoms with E-state index >= 15 is 0 Å². The normalized spacial score (nSPS) is 16.4. The fourth-order valence-electron chi connectivity index (χ4n) is 3.68. The van der Waals surface area contributed by atoms with Crippen molar-refractivity contribution in [3.05, 3.63) is 95.3 Å².